The molecule has 0 fully saturated rings. The summed E-state index contributed by atoms with van der Waals surface area (Å²) in [4.78, 5) is 13.0. The first kappa shape index (κ1) is 20.0. The van der Waals surface area contributed by atoms with Crippen LogP contribution in [0.15, 0.2) is 103 Å². The van der Waals surface area contributed by atoms with Crippen LogP contribution in [-0.4, -0.2) is 10.4 Å². The number of ketones is 1. The van der Waals surface area contributed by atoms with Gasteiger partial charge in [0.05, 0.1) is 0 Å². The molecule has 0 aliphatic heterocycles. The van der Waals surface area contributed by atoms with Crippen LogP contribution in [0.5, 0.6) is 0 Å². The predicted octanol–water partition coefficient (Wildman–Crippen LogP) is 2.02. The van der Waals surface area contributed by atoms with Gasteiger partial charge < -0.3 is 17.0 Å². The normalized spacial score (nSPS) is 10.8. The number of carbonyl (C=O) groups excluding carboxylic acids is 1. The van der Waals surface area contributed by atoms with Crippen molar-refractivity contribution in [2.45, 2.75) is 13.1 Å². The van der Waals surface area contributed by atoms with Gasteiger partial charge in [-0.3, -0.25) is 4.79 Å². The van der Waals surface area contributed by atoms with Crippen LogP contribution in [0, 0.1) is 0 Å². The van der Waals surface area contributed by atoms with Crippen molar-refractivity contribution in [2.24, 2.45) is 0 Å². The maximum atomic E-state index is 13.0. The third kappa shape index (κ3) is 3.91. The number of hydrogen-bond donors (Lipinski definition) is 0. The van der Waals surface area contributed by atoms with Gasteiger partial charge in [0.15, 0.2) is 17.6 Å². The lowest BCUT2D eigenvalue weighted by molar-refractivity contribution is -0.663. The summed E-state index contributed by atoms with van der Waals surface area (Å²) in [6, 6.07) is 32.7. The van der Waals surface area contributed by atoms with Crippen molar-refractivity contribution in [2.75, 3.05) is 0 Å². The Morgan fingerprint density at radius 2 is 1.47 bits per heavy atom. The molecule has 1 heterocycles. The molecule has 0 N–H and O–H groups in total. The largest absolute Gasteiger partial charge is 1.00 e. The minimum absolute atomic E-state index is 0. The first-order valence-corrected chi connectivity index (χ1v) is 9.81. The van der Waals surface area contributed by atoms with E-state index in [-0.39, 0.29) is 22.8 Å². The summed E-state index contributed by atoms with van der Waals surface area (Å²) in [7, 11) is 0. The molecule has 148 valence electrons. The van der Waals surface area contributed by atoms with Crippen molar-refractivity contribution in [3.63, 3.8) is 0 Å². The summed E-state index contributed by atoms with van der Waals surface area (Å²) in [5, 5.41) is 2.24. The Morgan fingerprint density at radius 1 is 0.767 bits per heavy atom. The average Bonchev–Trinajstić information content (AvgIpc) is 3.11. The third-order valence-corrected chi connectivity index (χ3v) is 5.36. The van der Waals surface area contributed by atoms with Gasteiger partial charge in [-0.05, 0) is 34.5 Å². The standard InChI is InChI=1S/C26H21N2O.BrH/c29-26(23-15-14-21-10-4-5-11-22(21)16-23)18-28-19-27(17-20-8-2-1-3-9-20)24-12-6-7-13-25(24)28;/h1-16,19H,17-18H2;1H/q+1;/p-1. The van der Waals surface area contributed by atoms with Crippen molar-refractivity contribution in [1.82, 2.24) is 4.57 Å². The molecule has 0 unspecified atom stereocenters. The molecule has 0 radical (unpaired) electrons. The van der Waals surface area contributed by atoms with Gasteiger partial charge in [0.1, 0.15) is 6.54 Å². The minimum atomic E-state index is 0. The van der Waals surface area contributed by atoms with Crippen LogP contribution in [0.1, 0.15) is 15.9 Å². The molecule has 0 amide bonds. The second-order valence-corrected chi connectivity index (χ2v) is 7.33. The van der Waals surface area contributed by atoms with E-state index in [9.17, 15) is 4.79 Å². The molecule has 3 nitrogen and oxygen atoms in total. The number of nitrogens with zero attached hydrogens (tertiary/aromatic N) is 2. The van der Waals surface area contributed by atoms with Gasteiger partial charge in [-0.1, -0.05) is 78.9 Å². The third-order valence-electron chi connectivity index (χ3n) is 5.36. The average molecular weight is 457 g/mol. The van der Waals surface area contributed by atoms with Crippen molar-refractivity contribution >= 4 is 27.6 Å². The number of fused-ring (bicyclic) bond motifs is 2. The van der Waals surface area contributed by atoms with Gasteiger partial charge in [0.25, 0.3) is 0 Å². The number of rotatable bonds is 5. The van der Waals surface area contributed by atoms with Crippen LogP contribution in [0.4, 0.5) is 0 Å². The van der Waals surface area contributed by atoms with E-state index in [1.165, 1.54) is 5.56 Å². The summed E-state index contributed by atoms with van der Waals surface area (Å²) in [5.74, 6) is 0.114. The van der Waals surface area contributed by atoms with E-state index >= 15 is 0 Å². The van der Waals surface area contributed by atoms with Gasteiger partial charge in [0, 0.05) is 5.56 Å². The summed E-state index contributed by atoms with van der Waals surface area (Å²) < 4.78 is 4.26. The molecule has 0 aliphatic rings. The van der Waals surface area contributed by atoms with Crippen LogP contribution in [-0.2, 0) is 13.1 Å². The van der Waals surface area contributed by atoms with Gasteiger partial charge in [-0.2, -0.15) is 0 Å². The zero-order valence-electron chi connectivity index (χ0n) is 16.4. The molecule has 0 aliphatic carbocycles. The van der Waals surface area contributed by atoms with Crippen LogP contribution < -0.4 is 21.5 Å². The lowest BCUT2D eigenvalue weighted by atomic mass is 10.0. The fourth-order valence-electron chi connectivity index (χ4n) is 3.88. The SMILES string of the molecule is O=C(Cn1c[n+](Cc2ccccc2)c2ccccc21)c1ccc2ccccc2c1.[Br-]. The lowest BCUT2D eigenvalue weighted by Crippen LogP contribution is -3.00. The van der Waals surface area contributed by atoms with Crippen molar-refractivity contribution in [3.05, 3.63) is 115 Å². The van der Waals surface area contributed by atoms with Gasteiger partial charge in [0.2, 0.25) is 12.1 Å². The number of halogens is 1. The molecule has 0 spiro atoms. The fraction of sp³-hybridized carbons (Fsp3) is 0.0769. The highest BCUT2D eigenvalue weighted by Crippen LogP contribution is 2.18. The van der Waals surface area contributed by atoms with Crippen molar-refractivity contribution < 1.29 is 26.3 Å². The Labute approximate surface area is 186 Å². The zero-order chi connectivity index (χ0) is 19.6. The van der Waals surface area contributed by atoms with E-state index in [4.69, 9.17) is 0 Å². The highest BCUT2D eigenvalue weighted by atomic mass is 79.9. The number of carbonyl (C=O) groups is 1. The molecule has 4 heteroatoms. The zero-order valence-corrected chi connectivity index (χ0v) is 18.0. The highest BCUT2D eigenvalue weighted by Gasteiger charge is 2.19. The molecule has 30 heavy (non-hydrogen) atoms. The number of aromatic nitrogens is 2. The molecular formula is C26H21BrN2O. The molecule has 0 saturated carbocycles. The number of hydrogen-bond acceptors (Lipinski definition) is 1. The number of Topliss-reactive ketones (excluding diaryl/α,β-unsaturated/α-hetero) is 1. The van der Waals surface area contributed by atoms with Gasteiger partial charge in [-0.15, -0.1) is 0 Å². The van der Waals surface area contributed by atoms with Crippen LogP contribution >= 0.6 is 0 Å². The molecule has 1 aromatic heterocycles. The van der Waals surface area contributed by atoms with Crippen LogP contribution in [0.2, 0.25) is 0 Å². The number of imidazole rings is 1. The summed E-state index contributed by atoms with van der Waals surface area (Å²) >= 11 is 0. The smallest absolute Gasteiger partial charge is 0.245 e. The Kier molecular flexibility index (Phi) is 5.77. The Balaban J connectivity index is 0.00000218. The first-order valence-electron chi connectivity index (χ1n) is 9.81. The number of benzene rings is 4. The van der Waals surface area contributed by atoms with Crippen LogP contribution in [0.3, 0.4) is 0 Å². The summed E-state index contributed by atoms with van der Waals surface area (Å²) in [5.41, 5.74) is 4.18. The van der Waals surface area contributed by atoms with Gasteiger partial charge >= 0.3 is 0 Å². The Morgan fingerprint density at radius 3 is 2.30 bits per heavy atom. The molecule has 0 bridgehead atoms. The van der Waals surface area contributed by atoms with E-state index in [1.807, 2.05) is 54.6 Å². The van der Waals surface area contributed by atoms with Crippen molar-refractivity contribution in [3.8, 4) is 0 Å². The van der Waals surface area contributed by atoms with E-state index in [0.717, 1.165) is 33.9 Å². The Hall–Kier alpha value is -3.24. The quantitative estimate of drug-likeness (QED) is 0.293. The minimum Gasteiger partial charge on any atom is -1.00 e. The second kappa shape index (κ2) is 8.64. The second-order valence-electron chi connectivity index (χ2n) is 7.33. The van der Waals surface area contributed by atoms with Gasteiger partial charge in [-0.25, -0.2) is 9.13 Å². The van der Waals surface area contributed by atoms with E-state index in [2.05, 4.69) is 57.9 Å². The summed E-state index contributed by atoms with van der Waals surface area (Å²) in [6.45, 7) is 1.10. The lowest BCUT2D eigenvalue weighted by Gasteiger charge is -2.02. The molecule has 5 aromatic rings. The van der Waals surface area contributed by atoms with E-state index in [0.29, 0.717) is 6.54 Å². The maximum Gasteiger partial charge on any atom is 0.245 e. The highest BCUT2D eigenvalue weighted by molar-refractivity contribution is 6.00. The monoisotopic (exact) mass is 456 g/mol. The molecule has 0 saturated heterocycles. The number of para-hydroxylation sites is 2. The summed E-state index contributed by atoms with van der Waals surface area (Å²) in [6.07, 6.45) is 2.05. The van der Waals surface area contributed by atoms with E-state index in [1.54, 1.807) is 0 Å². The molecule has 5 rings (SSSR count). The molecule has 4 aromatic carbocycles. The maximum absolute atomic E-state index is 13.0. The Bertz CT molecular complexity index is 1320. The first-order chi connectivity index (χ1) is 14.3. The topological polar surface area (TPSA) is 25.9 Å². The van der Waals surface area contributed by atoms with Crippen LogP contribution in [0.25, 0.3) is 21.8 Å². The van der Waals surface area contributed by atoms with E-state index < -0.39 is 0 Å². The fourth-order valence-corrected chi connectivity index (χ4v) is 3.88. The molecule has 0 atom stereocenters. The van der Waals surface area contributed by atoms with Crippen molar-refractivity contribution in [1.29, 1.82) is 0 Å². The molecular weight excluding hydrogens is 436 g/mol. The predicted molar refractivity (Wildman–Crippen MR) is 116 cm³/mol.